The number of carbonyl (C=O) groups is 1. The molecule has 10 nitrogen and oxygen atoms in total. The van der Waals surface area contributed by atoms with E-state index in [0.29, 0.717) is 0 Å². The molecule has 0 heterocycles. The van der Waals surface area contributed by atoms with Crippen LogP contribution in [0.3, 0.4) is 0 Å². The van der Waals surface area contributed by atoms with Crippen LogP contribution in [0.5, 0.6) is 5.75 Å². The van der Waals surface area contributed by atoms with Gasteiger partial charge in [-0.3, -0.25) is 20.2 Å². The number of rotatable bonds is 8. The molecule has 0 aromatic heterocycles. The lowest BCUT2D eigenvalue weighted by molar-refractivity contribution is -0.394. The summed E-state index contributed by atoms with van der Waals surface area (Å²) in [5.74, 6) is -0.103. The van der Waals surface area contributed by atoms with Crippen molar-refractivity contribution in [3.05, 3.63) is 73.3 Å². The Morgan fingerprint density at radius 2 is 1.77 bits per heavy atom. The largest absolute Gasteiger partial charge is 0.497 e. The molecule has 10 heteroatoms. The first kappa shape index (κ1) is 21.2. The minimum absolute atomic E-state index is 0.0860. The number of nitrogens with zero attached hydrogens (tertiary/aromatic N) is 2. The topological polar surface area (TPSA) is 131 Å². The van der Waals surface area contributed by atoms with Crippen LogP contribution in [0.1, 0.15) is 40.4 Å². The zero-order chi connectivity index (χ0) is 21.7. The second-order valence-electron chi connectivity index (χ2n) is 6.70. The van der Waals surface area contributed by atoms with E-state index in [0.717, 1.165) is 54.3 Å². The standard InChI is InChI=1S/C20H20N2O8/c1-28-17-5-6-18-13(11-17)3-2-4-19(18)29-7-8-30-20(23)14-9-15(21(24)25)12-16(10-14)22(26)27/h5-6,9-12,19H,2-4,7-8H2,1H3. The van der Waals surface area contributed by atoms with Crippen LogP contribution in [0, 0.1) is 20.2 Å². The van der Waals surface area contributed by atoms with Gasteiger partial charge in [0.2, 0.25) is 0 Å². The van der Waals surface area contributed by atoms with Crippen molar-refractivity contribution < 1.29 is 28.9 Å². The molecule has 0 aliphatic heterocycles. The maximum Gasteiger partial charge on any atom is 0.338 e. The summed E-state index contributed by atoms with van der Waals surface area (Å²) in [6, 6.07) is 8.50. The fourth-order valence-corrected chi connectivity index (χ4v) is 3.38. The smallest absolute Gasteiger partial charge is 0.338 e. The summed E-state index contributed by atoms with van der Waals surface area (Å²) in [6.45, 7) is 0.0379. The number of hydrogen-bond acceptors (Lipinski definition) is 8. The van der Waals surface area contributed by atoms with Crippen molar-refractivity contribution in [2.45, 2.75) is 25.4 Å². The summed E-state index contributed by atoms with van der Waals surface area (Å²) in [7, 11) is 1.61. The summed E-state index contributed by atoms with van der Waals surface area (Å²) in [5, 5.41) is 21.9. The number of aryl methyl sites for hydroxylation is 1. The zero-order valence-corrected chi connectivity index (χ0v) is 16.2. The van der Waals surface area contributed by atoms with Crippen LogP contribution in [0.2, 0.25) is 0 Å². The Hall–Kier alpha value is -3.53. The molecular formula is C20H20N2O8. The van der Waals surface area contributed by atoms with E-state index in [1.807, 2.05) is 18.2 Å². The molecule has 0 N–H and O–H groups in total. The highest BCUT2D eigenvalue weighted by molar-refractivity contribution is 5.91. The first-order valence-electron chi connectivity index (χ1n) is 9.28. The Balaban J connectivity index is 1.58. The normalized spacial score (nSPS) is 15.2. The maximum atomic E-state index is 12.2. The third kappa shape index (κ3) is 4.90. The average molecular weight is 416 g/mol. The molecule has 3 rings (SSSR count). The Morgan fingerprint density at radius 1 is 1.07 bits per heavy atom. The van der Waals surface area contributed by atoms with Crippen LogP contribution < -0.4 is 4.74 Å². The number of benzene rings is 2. The lowest BCUT2D eigenvalue weighted by Gasteiger charge is -2.26. The van der Waals surface area contributed by atoms with Crippen LogP contribution >= 0.6 is 0 Å². The lowest BCUT2D eigenvalue weighted by Crippen LogP contribution is -2.17. The van der Waals surface area contributed by atoms with Crippen molar-refractivity contribution in [1.29, 1.82) is 0 Å². The van der Waals surface area contributed by atoms with E-state index < -0.39 is 27.2 Å². The van der Waals surface area contributed by atoms with Gasteiger partial charge in [-0.15, -0.1) is 0 Å². The van der Waals surface area contributed by atoms with E-state index in [2.05, 4.69) is 0 Å². The molecule has 0 amide bonds. The highest BCUT2D eigenvalue weighted by Crippen LogP contribution is 2.34. The van der Waals surface area contributed by atoms with Crippen LogP contribution in [0.4, 0.5) is 11.4 Å². The van der Waals surface area contributed by atoms with Crippen LogP contribution in [-0.4, -0.2) is 36.1 Å². The summed E-state index contributed by atoms with van der Waals surface area (Å²) in [5.41, 5.74) is 0.864. The number of nitro benzene ring substituents is 2. The second-order valence-corrected chi connectivity index (χ2v) is 6.70. The maximum absolute atomic E-state index is 12.2. The highest BCUT2D eigenvalue weighted by Gasteiger charge is 2.23. The number of carbonyl (C=O) groups excluding carboxylic acids is 1. The van der Waals surface area contributed by atoms with Crippen LogP contribution in [-0.2, 0) is 15.9 Å². The van der Waals surface area contributed by atoms with Crippen molar-refractivity contribution in [1.82, 2.24) is 0 Å². The number of hydrogen-bond donors (Lipinski definition) is 0. The van der Waals surface area contributed by atoms with Gasteiger partial charge in [-0.1, -0.05) is 6.07 Å². The molecular weight excluding hydrogens is 396 g/mol. The summed E-state index contributed by atoms with van der Waals surface area (Å²) >= 11 is 0. The molecule has 1 unspecified atom stereocenters. The van der Waals surface area contributed by atoms with E-state index in [1.165, 1.54) is 0 Å². The van der Waals surface area contributed by atoms with Gasteiger partial charge in [0.25, 0.3) is 11.4 Å². The van der Waals surface area contributed by atoms with E-state index in [9.17, 15) is 25.0 Å². The van der Waals surface area contributed by atoms with Crippen molar-refractivity contribution >= 4 is 17.3 Å². The molecule has 1 aliphatic carbocycles. The zero-order valence-electron chi connectivity index (χ0n) is 16.2. The molecule has 0 saturated carbocycles. The molecule has 2 aromatic rings. The average Bonchev–Trinajstić information content (AvgIpc) is 2.75. The number of methoxy groups -OCH3 is 1. The fourth-order valence-electron chi connectivity index (χ4n) is 3.38. The van der Waals surface area contributed by atoms with Gasteiger partial charge in [0.1, 0.15) is 12.4 Å². The van der Waals surface area contributed by atoms with Gasteiger partial charge in [0.05, 0.1) is 41.3 Å². The molecule has 0 fully saturated rings. The van der Waals surface area contributed by atoms with Gasteiger partial charge in [-0.05, 0) is 42.5 Å². The minimum atomic E-state index is -0.890. The first-order chi connectivity index (χ1) is 14.4. The molecule has 0 radical (unpaired) electrons. The summed E-state index contributed by atoms with van der Waals surface area (Å²) in [4.78, 5) is 32.4. The number of nitro groups is 2. The predicted octanol–water partition coefficient (Wildman–Crippen LogP) is 3.76. The molecule has 158 valence electrons. The Labute approximate surface area is 171 Å². The Bertz CT molecular complexity index is 943. The van der Waals surface area contributed by atoms with Gasteiger partial charge in [0.15, 0.2) is 0 Å². The molecule has 2 aromatic carbocycles. The lowest BCUT2D eigenvalue weighted by atomic mass is 9.89. The van der Waals surface area contributed by atoms with Gasteiger partial charge in [-0.2, -0.15) is 0 Å². The van der Waals surface area contributed by atoms with Gasteiger partial charge < -0.3 is 14.2 Å². The van der Waals surface area contributed by atoms with Crippen molar-refractivity contribution in [3.8, 4) is 5.75 Å². The summed E-state index contributed by atoms with van der Waals surface area (Å²) < 4.78 is 16.2. The van der Waals surface area contributed by atoms with E-state index in [1.54, 1.807) is 7.11 Å². The molecule has 0 bridgehead atoms. The SMILES string of the molecule is COc1ccc2c(c1)CCCC2OCCOC(=O)c1cc([N+](=O)[O-])cc([N+](=O)[O-])c1. The van der Waals surface area contributed by atoms with E-state index in [-0.39, 0.29) is 24.9 Å². The van der Waals surface area contributed by atoms with Gasteiger partial charge in [-0.25, -0.2) is 4.79 Å². The number of fused-ring (bicyclic) bond motifs is 1. The van der Waals surface area contributed by atoms with Crippen molar-refractivity contribution in [2.24, 2.45) is 0 Å². The molecule has 1 atom stereocenters. The molecule has 0 saturated heterocycles. The minimum Gasteiger partial charge on any atom is -0.497 e. The van der Waals surface area contributed by atoms with Gasteiger partial charge >= 0.3 is 5.97 Å². The Morgan fingerprint density at radius 3 is 2.40 bits per heavy atom. The quantitative estimate of drug-likeness (QED) is 0.275. The summed E-state index contributed by atoms with van der Waals surface area (Å²) in [6.07, 6.45) is 2.61. The third-order valence-corrected chi connectivity index (χ3v) is 4.80. The monoisotopic (exact) mass is 416 g/mol. The Kier molecular flexibility index (Phi) is 6.58. The molecule has 0 spiro atoms. The fraction of sp³-hybridized carbons (Fsp3) is 0.350. The van der Waals surface area contributed by atoms with Gasteiger partial charge in [0, 0.05) is 12.1 Å². The van der Waals surface area contributed by atoms with Crippen LogP contribution in [0.15, 0.2) is 36.4 Å². The number of ether oxygens (including phenoxy) is 3. The predicted molar refractivity (Wildman–Crippen MR) is 105 cm³/mol. The van der Waals surface area contributed by atoms with Crippen molar-refractivity contribution in [2.75, 3.05) is 20.3 Å². The van der Waals surface area contributed by atoms with E-state index >= 15 is 0 Å². The second kappa shape index (κ2) is 9.31. The molecule has 30 heavy (non-hydrogen) atoms. The number of esters is 1. The van der Waals surface area contributed by atoms with E-state index in [4.69, 9.17) is 14.2 Å². The van der Waals surface area contributed by atoms with Crippen LogP contribution in [0.25, 0.3) is 0 Å². The third-order valence-electron chi connectivity index (χ3n) is 4.80. The first-order valence-corrected chi connectivity index (χ1v) is 9.28. The number of non-ortho nitro benzene ring substituents is 2. The molecule has 1 aliphatic rings. The van der Waals surface area contributed by atoms with Crippen molar-refractivity contribution in [3.63, 3.8) is 0 Å². The highest BCUT2D eigenvalue weighted by atomic mass is 16.6.